The van der Waals surface area contributed by atoms with Crippen LogP contribution in [0.2, 0.25) is 0 Å². The van der Waals surface area contributed by atoms with E-state index in [0.717, 1.165) is 38.2 Å². The van der Waals surface area contributed by atoms with Crippen molar-refractivity contribution in [3.63, 3.8) is 0 Å². The zero-order valence-corrected chi connectivity index (χ0v) is 9.99. The Morgan fingerprint density at radius 1 is 1.44 bits per heavy atom. The second kappa shape index (κ2) is 3.31. The zero-order valence-electron chi connectivity index (χ0n) is 9.99. The molecule has 1 aromatic heterocycles. The Morgan fingerprint density at radius 2 is 2.19 bits per heavy atom. The van der Waals surface area contributed by atoms with Crippen LogP contribution in [0.4, 0.5) is 0 Å². The van der Waals surface area contributed by atoms with E-state index in [4.69, 9.17) is 10.5 Å². The van der Waals surface area contributed by atoms with Gasteiger partial charge in [0.05, 0.1) is 18.3 Å². The molecule has 16 heavy (non-hydrogen) atoms. The topological polar surface area (TPSA) is 53.1 Å². The quantitative estimate of drug-likeness (QED) is 0.821. The van der Waals surface area contributed by atoms with Gasteiger partial charge in [0, 0.05) is 23.4 Å². The molecule has 1 saturated carbocycles. The van der Waals surface area contributed by atoms with E-state index in [1.807, 2.05) is 0 Å². The summed E-state index contributed by atoms with van der Waals surface area (Å²) in [5.74, 6) is 0. The Balaban J connectivity index is 2.01. The summed E-state index contributed by atoms with van der Waals surface area (Å²) >= 11 is 0. The minimum atomic E-state index is -0.0775. The van der Waals surface area contributed by atoms with Gasteiger partial charge >= 0.3 is 0 Å². The van der Waals surface area contributed by atoms with Gasteiger partial charge in [0.1, 0.15) is 0 Å². The molecule has 1 atom stereocenters. The molecule has 0 amide bonds. The fraction of sp³-hybridized carbons (Fsp3) is 0.750. The van der Waals surface area contributed by atoms with Crippen molar-refractivity contribution >= 4 is 0 Å². The first-order chi connectivity index (χ1) is 7.62. The van der Waals surface area contributed by atoms with Gasteiger partial charge in [-0.1, -0.05) is 0 Å². The molecular weight excluding hydrogens is 202 g/mol. The molecule has 1 aromatic rings. The molecule has 1 saturated heterocycles. The highest BCUT2D eigenvalue weighted by Crippen LogP contribution is 2.45. The average molecular weight is 221 g/mol. The fourth-order valence-corrected chi connectivity index (χ4v) is 2.84. The van der Waals surface area contributed by atoms with Crippen LogP contribution in [0.15, 0.2) is 0 Å². The van der Waals surface area contributed by atoms with Crippen LogP contribution >= 0.6 is 0 Å². The first-order valence-electron chi connectivity index (χ1n) is 6.05. The molecule has 2 N–H and O–H groups in total. The summed E-state index contributed by atoms with van der Waals surface area (Å²) in [5.41, 5.74) is 9.84. The molecule has 1 aliphatic heterocycles. The van der Waals surface area contributed by atoms with Gasteiger partial charge in [-0.05, 0) is 33.1 Å². The Morgan fingerprint density at radius 3 is 2.75 bits per heavy atom. The molecule has 2 fully saturated rings. The highest BCUT2D eigenvalue weighted by molar-refractivity contribution is 5.37. The number of aryl methyl sites for hydroxylation is 1. The van der Waals surface area contributed by atoms with Crippen LogP contribution in [0.25, 0.3) is 0 Å². The molecule has 0 bridgehead atoms. The van der Waals surface area contributed by atoms with Gasteiger partial charge in [0.2, 0.25) is 0 Å². The largest absolute Gasteiger partial charge is 0.379 e. The second-order valence-corrected chi connectivity index (χ2v) is 5.16. The van der Waals surface area contributed by atoms with Crippen LogP contribution < -0.4 is 5.73 Å². The third-order valence-electron chi connectivity index (χ3n) is 3.86. The van der Waals surface area contributed by atoms with E-state index >= 15 is 0 Å². The minimum absolute atomic E-state index is 0.0775. The summed E-state index contributed by atoms with van der Waals surface area (Å²) in [4.78, 5) is 0. The van der Waals surface area contributed by atoms with Gasteiger partial charge in [0.25, 0.3) is 0 Å². The summed E-state index contributed by atoms with van der Waals surface area (Å²) in [6, 6.07) is 0.412. The van der Waals surface area contributed by atoms with Crippen LogP contribution in [-0.4, -0.2) is 23.0 Å². The van der Waals surface area contributed by atoms with Gasteiger partial charge < -0.3 is 10.5 Å². The number of hydrogen-bond acceptors (Lipinski definition) is 3. The van der Waals surface area contributed by atoms with Crippen LogP contribution in [-0.2, 0) is 10.3 Å². The Bertz CT molecular complexity index is 414. The maximum Gasteiger partial charge on any atom is 0.0777 e. The Kier molecular flexibility index (Phi) is 2.13. The number of rotatable bonds is 2. The molecule has 1 aliphatic carbocycles. The number of nitrogens with two attached hydrogens (primary N) is 1. The molecule has 4 nitrogen and oxygen atoms in total. The zero-order chi connectivity index (χ0) is 11.3. The van der Waals surface area contributed by atoms with Crippen LogP contribution in [0, 0.1) is 13.8 Å². The van der Waals surface area contributed by atoms with E-state index in [0.29, 0.717) is 6.04 Å². The predicted molar refractivity (Wildman–Crippen MR) is 61.3 cm³/mol. The molecule has 0 aromatic carbocycles. The molecule has 1 unspecified atom stereocenters. The van der Waals surface area contributed by atoms with Crippen LogP contribution in [0.3, 0.4) is 0 Å². The number of nitrogens with zero attached hydrogens (tertiary/aromatic N) is 2. The summed E-state index contributed by atoms with van der Waals surface area (Å²) in [7, 11) is 0. The first kappa shape index (κ1) is 10.3. The van der Waals surface area contributed by atoms with Gasteiger partial charge in [-0.3, -0.25) is 4.68 Å². The monoisotopic (exact) mass is 221 g/mol. The summed E-state index contributed by atoms with van der Waals surface area (Å²) < 4.78 is 7.55. The molecule has 3 rings (SSSR count). The summed E-state index contributed by atoms with van der Waals surface area (Å²) in [6.45, 7) is 5.85. The van der Waals surface area contributed by atoms with Crippen LogP contribution in [0.1, 0.15) is 42.3 Å². The minimum Gasteiger partial charge on any atom is -0.379 e. The van der Waals surface area contributed by atoms with Gasteiger partial charge in [-0.2, -0.15) is 5.10 Å². The lowest BCUT2D eigenvalue weighted by Gasteiger charge is -2.13. The standard InChI is InChI=1S/C12H19N3O/c1-8-11(12(13)4-5-12)9(2)15(14-8)10-3-6-16-7-10/h10H,3-7,13H2,1-2H3. The SMILES string of the molecule is Cc1nn(C2CCOC2)c(C)c1C1(N)CC1. The lowest BCUT2D eigenvalue weighted by Crippen LogP contribution is -2.21. The molecule has 4 heteroatoms. The highest BCUT2D eigenvalue weighted by Gasteiger charge is 2.44. The van der Waals surface area contributed by atoms with Crippen molar-refractivity contribution in [2.45, 2.75) is 44.7 Å². The molecule has 0 radical (unpaired) electrons. The number of hydrogen-bond donors (Lipinski definition) is 1. The van der Waals surface area contributed by atoms with E-state index in [1.54, 1.807) is 0 Å². The van der Waals surface area contributed by atoms with Crippen molar-refractivity contribution in [1.82, 2.24) is 9.78 Å². The third-order valence-corrected chi connectivity index (χ3v) is 3.86. The van der Waals surface area contributed by atoms with Gasteiger partial charge in [0.15, 0.2) is 0 Å². The highest BCUT2D eigenvalue weighted by atomic mass is 16.5. The number of ether oxygens (including phenoxy) is 1. The average Bonchev–Trinajstić information content (AvgIpc) is 2.68. The van der Waals surface area contributed by atoms with Crippen molar-refractivity contribution < 1.29 is 4.74 Å². The molecule has 88 valence electrons. The van der Waals surface area contributed by atoms with Crippen molar-refractivity contribution in [2.75, 3.05) is 13.2 Å². The summed E-state index contributed by atoms with van der Waals surface area (Å²) in [5, 5.41) is 4.66. The van der Waals surface area contributed by atoms with Crippen molar-refractivity contribution in [2.24, 2.45) is 5.73 Å². The van der Waals surface area contributed by atoms with Crippen molar-refractivity contribution in [1.29, 1.82) is 0 Å². The van der Waals surface area contributed by atoms with Gasteiger partial charge in [-0.25, -0.2) is 0 Å². The lowest BCUT2D eigenvalue weighted by atomic mass is 10.0. The van der Waals surface area contributed by atoms with E-state index < -0.39 is 0 Å². The van der Waals surface area contributed by atoms with Crippen LogP contribution in [0.5, 0.6) is 0 Å². The smallest absolute Gasteiger partial charge is 0.0777 e. The Labute approximate surface area is 95.8 Å². The second-order valence-electron chi connectivity index (χ2n) is 5.16. The van der Waals surface area contributed by atoms with E-state index in [9.17, 15) is 0 Å². The van der Waals surface area contributed by atoms with Gasteiger partial charge in [-0.15, -0.1) is 0 Å². The Hall–Kier alpha value is -0.870. The molecule has 0 spiro atoms. The van der Waals surface area contributed by atoms with E-state index in [2.05, 4.69) is 23.6 Å². The fourth-order valence-electron chi connectivity index (χ4n) is 2.84. The third kappa shape index (κ3) is 1.40. The van der Waals surface area contributed by atoms with E-state index in [1.165, 1.54) is 11.3 Å². The molecular formula is C12H19N3O. The molecule has 2 heterocycles. The summed E-state index contributed by atoms with van der Waals surface area (Å²) in [6.07, 6.45) is 3.27. The number of aromatic nitrogens is 2. The predicted octanol–water partition coefficient (Wildman–Crippen LogP) is 1.41. The lowest BCUT2D eigenvalue weighted by molar-refractivity contribution is 0.184. The molecule has 2 aliphatic rings. The maximum absolute atomic E-state index is 6.30. The normalized spacial score (nSPS) is 27.3. The van der Waals surface area contributed by atoms with E-state index in [-0.39, 0.29) is 5.54 Å². The first-order valence-corrected chi connectivity index (χ1v) is 6.05. The maximum atomic E-state index is 6.30. The van der Waals surface area contributed by atoms with Crippen molar-refractivity contribution in [3.05, 3.63) is 17.0 Å². The van der Waals surface area contributed by atoms with Crippen molar-refractivity contribution in [3.8, 4) is 0 Å².